The van der Waals surface area contributed by atoms with Crippen molar-refractivity contribution >= 4 is 0 Å². The number of hydrogen-bond donors (Lipinski definition) is 1. The van der Waals surface area contributed by atoms with E-state index in [4.69, 9.17) is 14.6 Å². The van der Waals surface area contributed by atoms with Crippen LogP contribution in [0.3, 0.4) is 0 Å². The fraction of sp³-hybridized carbons (Fsp3) is 1.00. The molecule has 1 saturated heterocycles. The average Bonchev–Trinajstić information content (AvgIpc) is 2.65. The molecule has 1 heterocycles. The SMILES string of the molecule is COCCN(CCO)C1CCOC1. The Balaban J connectivity index is 2.26. The van der Waals surface area contributed by atoms with Crippen LogP contribution in [0.4, 0.5) is 0 Å². The van der Waals surface area contributed by atoms with Crippen LogP contribution >= 0.6 is 0 Å². The topological polar surface area (TPSA) is 41.9 Å². The first kappa shape index (κ1) is 10.9. The monoisotopic (exact) mass is 189 g/mol. The largest absolute Gasteiger partial charge is 0.395 e. The minimum atomic E-state index is 0.209. The van der Waals surface area contributed by atoms with Gasteiger partial charge in [-0.25, -0.2) is 0 Å². The molecule has 13 heavy (non-hydrogen) atoms. The highest BCUT2D eigenvalue weighted by Crippen LogP contribution is 2.11. The highest BCUT2D eigenvalue weighted by atomic mass is 16.5. The zero-order valence-corrected chi connectivity index (χ0v) is 8.24. The maximum atomic E-state index is 8.87. The molecule has 0 bridgehead atoms. The van der Waals surface area contributed by atoms with Gasteiger partial charge in [-0.1, -0.05) is 0 Å². The van der Waals surface area contributed by atoms with Crippen LogP contribution < -0.4 is 0 Å². The summed E-state index contributed by atoms with van der Waals surface area (Å²) in [5, 5.41) is 8.87. The van der Waals surface area contributed by atoms with E-state index in [0.29, 0.717) is 6.04 Å². The Morgan fingerprint density at radius 3 is 2.92 bits per heavy atom. The van der Waals surface area contributed by atoms with E-state index < -0.39 is 0 Å². The average molecular weight is 189 g/mol. The molecule has 0 aliphatic carbocycles. The molecule has 1 atom stereocenters. The van der Waals surface area contributed by atoms with Crippen LogP contribution in [0.25, 0.3) is 0 Å². The molecule has 1 fully saturated rings. The Morgan fingerprint density at radius 2 is 2.38 bits per heavy atom. The second-order valence-electron chi connectivity index (χ2n) is 3.27. The number of rotatable bonds is 6. The lowest BCUT2D eigenvalue weighted by atomic mass is 10.2. The highest BCUT2D eigenvalue weighted by molar-refractivity contribution is 4.75. The molecule has 1 rings (SSSR count). The molecule has 0 aromatic heterocycles. The van der Waals surface area contributed by atoms with Gasteiger partial charge in [0.2, 0.25) is 0 Å². The molecule has 0 spiro atoms. The van der Waals surface area contributed by atoms with Crippen molar-refractivity contribution < 1.29 is 14.6 Å². The molecule has 0 saturated carbocycles. The Labute approximate surface area is 79.4 Å². The summed E-state index contributed by atoms with van der Waals surface area (Å²) in [6.07, 6.45) is 1.07. The lowest BCUT2D eigenvalue weighted by Crippen LogP contribution is -2.39. The highest BCUT2D eigenvalue weighted by Gasteiger charge is 2.22. The number of hydrogen-bond acceptors (Lipinski definition) is 4. The number of methoxy groups -OCH3 is 1. The Morgan fingerprint density at radius 1 is 1.54 bits per heavy atom. The van der Waals surface area contributed by atoms with E-state index in [1.807, 2.05) is 0 Å². The first-order valence-electron chi connectivity index (χ1n) is 4.80. The third kappa shape index (κ3) is 3.60. The standard InChI is InChI=1S/C9H19NO3/c1-12-7-4-10(3-5-11)9-2-6-13-8-9/h9,11H,2-8H2,1H3. The zero-order valence-electron chi connectivity index (χ0n) is 8.24. The summed E-state index contributed by atoms with van der Waals surface area (Å²) >= 11 is 0. The van der Waals surface area contributed by atoms with Crippen LogP contribution in [-0.2, 0) is 9.47 Å². The third-order valence-electron chi connectivity index (χ3n) is 2.39. The van der Waals surface area contributed by atoms with Crippen LogP contribution in [0.2, 0.25) is 0 Å². The number of aliphatic hydroxyl groups is 1. The molecule has 0 aromatic carbocycles. The molecule has 0 amide bonds. The predicted molar refractivity (Wildman–Crippen MR) is 49.8 cm³/mol. The van der Waals surface area contributed by atoms with Crippen molar-refractivity contribution in [3.63, 3.8) is 0 Å². The molecule has 1 aliphatic rings. The van der Waals surface area contributed by atoms with Crippen molar-refractivity contribution in [3.8, 4) is 0 Å². The van der Waals surface area contributed by atoms with Crippen molar-refractivity contribution in [2.75, 3.05) is 46.6 Å². The second kappa shape index (κ2) is 6.32. The molecule has 4 heteroatoms. The fourth-order valence-corrected chi connectivity index (χ4v) is 1.62. The van der Waals surface area contributed by atoms with Gasteiger partial charge in [0.1, 0.15) is 0 Å². The van der Waals surface area contributed by atoms with E-state index in [1.54, 1.807) is 7.11 Å². The van der Waals surface area contributed by atoms with Crippen LogP contribution in [0, 0.1) is 0 Å². The molecule has 0 radical (unpaired) electrons. The normalized spacial score (nSPS) is 22.8. The van der Waals surface area contributed by atoms with E-state index in [0.717, 1.165) is 39.3 Å². The third-order valence-corrected chi connectivity index (χ3v) is 2.39. The lowest BCUT2D eigenvalue weighted by Gasteiger charge is -2.26. The van der Waals surface area contributed by atoms with Gasteiger partial charge in [-0.05, 0) is 6.42 Å². The Hall–Kier alpha value is -0.160. The minimum Gasteiger partial charge on any atom is -0.395 e. The summed E-state index contributed by atoms with van der Waals surface area (Å²) in [7, 11) is 1.70. The van der Waals surface area contributed by atoms with E-state index in [9.17, 15) is 0 Å². The maximum Gasteiger partial charge on any atom is 0.0622 e. The molecule has 78 valence electrons. The number of aliphatic hydroxyl groups excluding tert-OH is 1. The van der Waals surface area contributed by atoms with Crippen LogP contribution in [0.15, 0.2) is 0 Å². The summed E-state index contributed by atoms with van der Waals surface area (Å²) in [6, 6.07) is 0.474. The van der Waals surface area contributed by atoms with Gasteiger partial charge in [-0.15, -0.1) is 0 Å². The van der Waals surface area contributed by atoms with Crippen LogP contribution in [-0.4, -0.2) is 62.7 Å². The van der Waals surface area contributed by atoms with Gasteiger partial charge >= 0.3 is 0 Å². The Kier molecular flexibility index (Phi) is 5.31. The second-order valence-corrected chi connectivity index (χ2v) is 3.27. The first-order chi connectivity index (χ1) is 6.38. The van der Waals surface area contributed by atoms with Gasteiger partial charge in [0.15, 0.2) is 0 Å². The van der Waals surface area contributed by atoms with Crippen molar-refractivity contribution in [2.45, 2.75) is 12.5 Å². The van der Waals surface area contributed by atoms with E-state index >= 15 is 0 Å². The van der Waals surface area contributed by atoms with Crippen molar-refractivity contribution in [1.29, 1.82) is 0 Å². The number of ether oxygens (including phenoxy) is 2. The predicted octanol–water partition coefficient (Wildman–Crippen LogP) is -0.284. The fourth-order valence-electron chi connectivity index (χ4n) is 1.62. The quantitative estimate of drug-likeness (QED) is 0.624. The van der Waals surface area contributed by atoms with Crippen molar-refractivity contribution in [2.24, 2.45) is 0 Å². The summed E-state index contributed by atoms with van der Waals surface area (Å²) in [4.78, 5) is 2.23. The summed E-state index contributed by atoms with van der Waals surface area (Å²) in [5.41, 5.74) is 0. The minimum absolute atomic E-state index is 0.209. The van der Waals surface area contributed by atoms with Gasteiger partial charge < -0.3 is 14.6 Å². The molecule has 1 N–H and O–H groups in total. The lowest BCUT2D eigenvalue weighted by molar-refractivity contribution is 0.0904. The summed E-state index contributed by atoms with van der Waals surface area (Å²) < 4.78 is 10.3. The van der Waals surface area contributed by atoms with E-state index in [1.165, 1.54) is 0 Å². The van der Waals surface area contributed by atoms with E-state index in [-0.39, 0.29) is 6.61 Å². The molecule has 1 aliphatic heterocycles. The van der Waals surface area contributed by atoms with Crippen LogP contribution in [0.1, 0.15) is 6.42 Å². The van der Waals surface area contributed by atoms with E-state index in [2.05, 4.69) is 4.90 Å². The van der Waals surface area contributed by atoms with Gasteiger partial charge in [0, 0.05) is 32.8 Å². The molecular weight excluding hydrogens is 170 g/mol. The zero-order chi connectivity index (χ0) is 9.52. The van der Waals surface area contributed by atoms with Crippen molar-refractivity contribution in [3.05, 3.63) is 0 Å². The Bertz CT molecular complexity index is 126. The van der Waals surface area contributed by atoms with Gasteiger partial charge in [-0.3, -0.25) is 4.90 Å². The molecule has 1 unspecified atom stereocenters. The molecular formula is C9H19NO3. The molecule has 0 aromatic rings. The first-order valence-corrected chi connectivity index (χ1v) is 4.80. The summed E-state index contributed by atoms with van der Waals surface area (Å²) in [5.74, 6) is 0. The van der Waals surface area contributed by atoms with Gasteiger partial charge in [0.25, 0.3) is 0 Å². The summed E-state index contributed by atoms with van der Waals surface area (Å²) in [6.45, 7) is 4.17. The maximum absolute atomic E-state index is 8.87. The van der Waals surface area contributed by atoms with Crippen molar-refractivity contribution in [1.82, 2.24) is 4.90 Å². The van der Waals surface area contributed by atoms with Crippen LogP contribution in [0.5, 0.6) is 0 Å². The number of nitrogens with zero attached hydrogens (tertiary/aromatic N) is 1. The molecule has 4 nitrogen and oxygen atoms in total. The van der Waals surface area contributed by atoms with Gasteiger partial charge in [-0.2, -0.15) is 0 Å². The van der Waals surface area contributed by atoms with Gasteiger partial charge in [0.05, 0.1) is 19.8 Å². The smallest absolute Gasteiger partial charge is 0.0622 e.